The first-order valence-corrected chi connectivity index (χ1v) is 7.39. The van der Waals surface area contributed by atoms with Crippen molar-refractivity contribution in [1.29, 1.82) is 0 Å². The van der Waals surface area contributed by atoms with Gasteiger partial charge >= 0.3 is 6.61 Å². The molecule has 0 radical (unpaired) electrons. The van der Waals surface area contributed by atoms with E-state index in [9.17, 15) is 13.6 Å². The molecule has 0 unspecified atom stereocenters. The van der Waals surface area contributed by atoms with E-state index >= 15 is 0 Å². The Labute approximate surface area is 140 Å². The summed E-state index contributed by atoms with van der Waals surface area (Å²) in [5.74, 6) is -0.0984. The maximum atomic E-state index is 12.4. The molecule has 0 saturated carbocycles. The van der Waals surface area contributed by atoms with E-state index in [4.69, 9.17) is 19.7 Å². The molecule has 1 aromatic heterocycles. The van der Waals surface area contributed by atoms with Gasteiger partial charge in [0.2, 0.25) is 11.7 Å². The normalized spacial score (nSPS) is 20.0. The number of nitrogens with zero attached hydrogens (tertiary/aromatic N) is 2. The van der Waals surface area contributed by atoms with Crippen LogP contribution in [0, 0.1) is 0 Å². The molecule has 0 bridgehead atoms. The van der Waals surface area contributed by atoms with Crippen LogP contribution < -0.4 is 15.2 Å². The smallest absolute Gasteiger partial charge is 0.387 e. The summed E-state index contributed by atoms with van der Waals surface area (Å²) < 4.78 is 44.8. The fraction of sp³-hybridized carbons (Fsp3) is 0.400. The van der Waals surface area contributed by atoms with Crippen LogP contribution in [0.15, 0.2) is 22.7 Å². The number of rotatable bonds is 6. The predicted octanol–water partition coefficient (Wildman–Crippen LogP) is 2.05. The van der Waals surface area contributed by atoms with Crippen LogP contribution in [0.3, 0.4) is 0 Å². The maximum absolute atomic E-state index is 12.4. The lowest BCUT2D eigenvalue weighted by Crippen LogP contribution is -2.27. The number of primary amides is 1. The summed E-state index contributed by atoms with van der Waals surface area (Å²) >= 11 is 0. The minimum Gasteiger partial charge on any atom is -0.493 e. The molecule has 1 saturated heterocycles. The molecule has 1 aliphatic rings. The molecule has 1 aromatic carbocycles. The Balaban J connectivity index is 1.79. The standard InChI is InChI=1S/C15H15F2N3O5/c1-22-11-6-7(2-3-8(11)24-15(16)17)13-19-14(25-20-13)10-5-4-9(23-10)12(18)21/h2-3,6,9-10,15H,4-5H2,1H3,(H2,18,21)/t9-,10+/m1/s1. The van der Waals surface area contributed by atoms with Crippen molar-refractivity contribution in [2.24, 2.45) is 5.73 Å². The SMILES string of the molecule is COc1cc(-c2noc([C@@H]3CC[C@H](C(N)=O)O3)n2)ccc1OC(F)F. The van der Waals surface area contributed by atoms with Crippen LogP contribution in [0.25, 0.3) is 11.4 Å². The van der Waals surface area contributed by atoms with Crippen LogP contribution >= 0.6 is 0 Å². The van der Waals surface area contributed by atoms with E-state index in [1.807, 2.05) is 0 Å². The van der Waals surface area contributed by atoms with Gasteiger partial charge in [0.1, 0.15) is 12.2 Å². The third kappa shape index (κ3) is 3.68. The molecular weight excluding hydrogens is 340 g/mol. The molecule has 2 atom stereocenters. The topological polar surface area (TPSA) is 110 Å². The minimum absolute atomic E-state index is 0.103. The molecule has 1 amide bonds. The fourth-order valence-electron chi connectivity index (χ4n) is 2.51. The molecule has 2 aromatic rings. The number of amides is 1. The van der Waals surface area contributed by atoms with Gasteiger partial charge in [0.05, 0.1) is 7.11 Å². The Bertz CT molecular complexity index is 767. The fourth-order valence-corrected chi connectivity index (χ4v) is 2.51. The van der Waals surface area contributed by atoms with Crippen molar-refractivity contribution in [2.75, 3.05) is 7.11 Å². The van der Waals surface area contributed by atoms with Crippen molar-refractivity contribution in [2.45, 2.75) is 31.7 Å². The molecule has 1 fully saturated rings. The molecule has 25 heavy (non-hydrogen) atoms. The Hall–Kier alpha value is -2.75. The van der Waals surface area contributed by atoms with Gasteiger partial charge in [0.15, 0.2) is 11.5 Å². The summed E-state index contributed by atoms with van der Waals surface area (Å²) in [4.78, 5) is 15.4. The van der Waals surface area contributed by atoms with Crippen molar-refractivity contribution in [3.05, 3.63) is 24.1 Å². The lowest BCUT2D eigenvalue weighted by atomic mass is 10.2. The summed E-state index contributed by atoms with van der Waals surface area (Å²) in [6.07, 6.45) is -0.182. The van der Waals surface area contributed by atoms with E-state index in [1.165, 1.54) is 25.3 Å². The van der Waals surface area contributed by atoms with Crippen molar-refractivity contribution in [3.63, 3.8) is 0 Å². The lowest BCUT2D eigenvalue weighted by molar-refractivity contribution is -0.129. The zero-order valence-electron chi connectivity index (χ0n) is 13.1. The summed E-state index contributed by atoms with van der Waals surface area (Å²) in [5.41, 5.74) is 5.69. The van der Waals surface area contributed by atoms with Gasteiger partial charge < -0.3 is 24.5 Å². The predicted molar refractivity (Wildman–Crippen MR) is 79.0 cm³/mol. The molecule has 2 N–H and O–H groups in total. The second kappa shape index (κ2) is 7.01. The largest absolute Gasteiger partial charge is 0.493 e. The van der Waals surface area contributed by atoms with Crippen molar-refractivity contribution >= 4 is 5.91 Å². The molecule has 2 heterocycles. The van der Waals surface area contributed by atoms with Crippen molar-refractivity contribution in [1.82, 2.24) is 10.1 Å². The number of carbonyl (C=O) groups is 1. The van der Waals surface area contributed by atoms with Gasteiger partial charge in [0, 0.05) is 5.56 Å². The average molecular weight is 355 g/mol. The molecule has 1 aliphatic heterocycles. The first-order chi connectivity index (χ1) is 12.0. The van der Waals surface area contributed by atoms with Gasteiger partial charge in [-0.05, 0) is 31.0 Å². The third-order valence-corrected chi connectivity index (χ3v) is 3.69. The number of nitrogens with two attached hydrogens (primary N) is 1. The summed E-state index contributed by atoms with van der Waals surface area (Å²) in [6, 6.07) is 4.27. The number of halogens is 2. The second-order valence-electron chi connectivity index (χ2n) is 5.29. The highest BCUT2D eigenvalue weighted by atomic mass is 19.3. The van der Waals surface area contributed by atoms with Crippen LogP contribution in [0.5, 0.6) is 11.5 Å². The van der Waals surface area contributed by atoms with Crippen LogP contribution in [0.2, 0.25) is 0 Å². The van der Waals surface area contributed by atoms with E-state index in [0.717, 1.165) is 0 Å². The zero-order chi connectivity index (χ0) is 18.0. The first kappa shape index (κ1) is 17.1. The first-order valence-electron chi connectivity index (χ1n) is 7.39. The summed E-state index contributed by atoms with van der Waals surface area (Å²) in [7, 11) is 1.33. The highest BCUT2D eigenvalue weighted by molar-refractivity contribution is 5.79. The minimum atomic E-state index is -2.96. The number of hydrogen-bond donors (Lipinski definition) is 1. The maximum Gasteiger partial charge on any atom is 0.387 e. The Morgan fingerprint density at radius 2 is 2.16 bits per heavy atom. The van der Waals surface area contributed by atoms with Crippen LogP contribution in [-0.4, -0.2) is 35.9 Å². The average Bonchev–Trinajstić information content (AvgIpc) is 3.24. The third-order valence-electron chi connectivity index (χ3n) is 3.69. The molecule has 0 spiro atoms. The molecule has 3 rings (SSSR count). The summed E-state index contributed by atoms with van der Waals surface area (Å²) in [6.45, 7) is -2.96. The quantitative estimate of drug-likeness (QED) is 0.844. The Kier molecular flexibility index (Phi) is 4.79. The Morgan fingerprint density at radius 1 is 1.36 bits per heavy atom. The zero-order valence-corrected chi connectivity index (χ0v) is 13.1. The second-order valence-corrected chi connectivity index (χ2v) is 5.29. The number of carbonyl (C=O) groups excluding carboxylic acids is 1. The van der Waals surface area contributed by atoms with E-state index in [2.05, 4.69) is 14.9 Å². The van der Waals surface area contributed by atoms with Crippen LogP contribution in [0.4, 0.5) is 8.78 Å². The lowest BCUT2D eigenvalue weighted by Gasteiger charge is -2.10. The number of methoxy groups -OCH3 is 1. The Morgan fingerprint density at radius 3 is 2.80 bits per heavy atom. The molecule has 10 heteroatoms. The van der Waals surface area contributed by atoms with E-state index < -0.39 is 24.7 Å². The van der Waals surface area contributed by atoms with Crippen molar-refractivity contribution < 1.29 is 32.3 Å². The number of hydrogen-bond acceptors (Lipinski definition) is 7. The molecular formula is C15H15F2N3O5. The van der Waals surface area contributed by atoms with Crippen LogP contribution in [-0.2, 0) is 9.53 Å². The summed E-state index contributed by atoms with van der Waals surface area (Å²) in [5, 5.41) is 3.84. The van der Waals surface area contributed by atoms with Crippen molar-refractivity contribution in [3.8, 4) is 22.9 Å². The van der Waals surface area contributed by atoms with Gasteiger partial charge in [-0.2, -0.15) is 13.8 Å². The van der Waals surface area contributed by atoms with Crippen LogP contribution in [0.1, 0.15) is 24.8 Å². The number of ether oxygens (including phenoxy) is 3. The number of alkyl halides is 2. The van der Waals surface area contributed by atoms with Gasteiger partial charge in [-0.15, -0.1) is 0 Å². The number of aromatic nitrogens is 2. The molecule has 134 valence electrons. The van der Waals surface area contributed by atoms with E-state index in [-0.39, 0.29) is 23.2 Å². The highest BCUT2D eigenvalue weighted by Gasteiger charge is 2.33. The molecule has 8 nitrogen and oxygen atoms in total. The van der Waals surface area contributed by atoms with Gasteiger partial charge in [-0.3, -0.25) is 4.79 Å². The molecule has 0 aliphatic carbocycles. The highest BCUT2D eigenvalue weighted by Crippen LogP contribution is 2.35. The number of benzene rings is 1. The monoisotopic (exact) mass is 355 g/mol. The van der Waals surface area contributed by atoms with Gasteiger partial charge in [-0.1, -0.05) is 5.16 Å². The van der Waals surface area contributed by atoms with Gasteiger partial charge in [0.25, 0.3) is 5.89 Å². The van der Waals surface area contributed by atoms with E-state index in [1.54, 1.807) is 0 Å². The van der Waals surface area contributed by atoms with Gasteiger partial charge in [-0.25, -0.2) is 0 Å². The van der Waals surface area contributed by atoms with E-state index in [0.29, 0.717) is 18.4 Å².